The van der Waals surface area contributed by atoms with Crippen molar-refractivity contribution in [2.75, 3.05) is 7.11 Å². The van der Waals surface area contributed by atoms with Crippen LogP contribution in [0.4, 0.5) is 4.39 Å². The fraction of sp³-hybridized carbons (Fsp3) is 0.231. The molecule has 0 aliphatic heterocycles. The van der Waals surface area contributed by atoms with Gasteiger partial charge < -0.3 is 4.74 Å². The number of nitrogens with zero attached hydrogens (tertiary/aromatic N) is 2. The number of hydrogen-bond acceptors (Lipinski definition) is 4. The zero-order valence-corrected chi connectivity index (χ0v) is 10.6. The van der Waals surface area contributed by atoms with Gasteiger partial charge in [0.2, 0.25) is 0 Å². The average Bonchev–Trinajstić information content (AvgIpc) is 2.85. The molecule has 3 nitrogen and oxygen atoms in total. The van der Waals surface area contributed by atoms with Gasteiger partial charge in [0.15, 0.2) is 0 Å². The molecular weight excluding hydrogens is 251 g/mol. The van der Waals surface area contributed by atoms with Crippen LogP contribution in [-0.4, -0.2) is 12.1 Å². The van der Waals surface area contributed by atoms with Crippen LogP contribution in [0.2, 0.25) is 0 Å². The number of ether oxygens (including phenoxy) is 1. The Balaban J connectivity index is 2.33. The first-order valence-electron chi connectivity index (χ1n) is 5.40. The molecule has 0 spiro atoms. The molecule has 5 heteroatoms. The van der Waals surface area contributed by atoms with Gasteiger partial charge in [0.1, 0.15) is 11.6 Å². The predicted octanol–water partition coefficient (Wildman–Crippen LogP) is 3.41. The topological polar surface area (TPSA) is 45.9 Å². The van der Waals surface area contributed by atoms with Crippen LogP contribution >= 0.6 is 11.3 Å². The van der Waals surface area contributed by atoms with Gasteiger partial charge in [-0.3, -0.25) is 0 Å². The zero-order valence-electron chi connectivity index (χ0n) is 9.81. The van der Waals surface area contributed by atoms with E-state index in [1.54, 1.807) is 13.2 Å². The van der Waals surface area contributed by atoms with Crippen molar-refractivity contribution >= 4 is 11.3 Å². The van der Waals surface area contributed by atoms with Gasteiger partial charge in [-0.15, -0.1) is 11.3 Å². The summed E-state index contributed by atoms with van der Waals surface area (Å²) in [5.74, 6) is 0.269. The molecule has 0 atom stereocenters. The van der Waals surface area contributed by atoms with E-state index in [2.05, 4.69) is 11.1 Å². The fourth-order valence-corrected chi connectivity index (χ4v) is 2.39. The molecule has 0 saturated heterocycles. The Labute approximate surface area is 108 Å². The lowest BCUT2D eigenvalue weighted by Crippen LogP contribution is -1.90. The molecule has 92 valence electrons. The maximum absolute atomic E-state index is 13.3. The molecule has 0 unspecified atom stereocenters. The summed E-state index contributed by atoms with van der Waals surface area (Å²) in [4.78, 5) is 4.39. The zero-order chi connectivity index (χ0) is 13.0. The summed E-state index contributed by atoms with van der Waals surface area (Å²) in [5.41, 5.74) is 1.32. The number of aryl methyl sites for hydroxylation is 1. The molecule has 0 radical (unpaired) electrons. The minimum Gasteiger partial charge on any atom is -0.496 e. The van der Waals surface area contributed by atoms with Crippen LogP contribution in [0.5, 0.6) is 5.75 Å². The highest BCUT2D eigenvalue weighted by molar-refractivity contribution is 7.09. The SMILES string of the molecule is COc1ccc(F)cc1-c1csc(CCC#N)n1. The van der Waals surface area contributed by atoms with Gasteiger partial charge in [-0.2, -0.15) is 5.26 Å². The molecule has 0 amide bonds. The highest BCUT2D eigenvalue weighted by Crippen LogP contribution is 2.31. The Morgan fingerprint density at radius 2 is 2.33 bits per heavy atom. The first kappa shape index (κ1) is 12.5. The van der Waals surface area contributed by atoms with Gasteiger partial charge in [0, 0.05) is 23.8 Å². The van der Waals surface area contributed by atoms with Crippen molar-refractivity contribution in [2.24, 2.45) is 0 Å². The first-order valence-corrected chi connectivity index (χ1v) is 6.28. The smallest absolute Gasteiger partial charge is 0.128 e. The van der Waals surface area contributed by atoms with E-state index in [-0.39, 0.29) is 5.82 Å². The predicted molar refractivity (Wildman–Crippen MR) is 68.0 cm³/mol. The summed E-state index contributed by atoms with van der Waals surface area (Å²) in [7, 11) is 1.54. The standard InChI is InChI=1S/C13H11FN2OS/c1-17-12-5-4-9(14)7-10(12)11-8-18-13(16-11)3-2-6-15/h4-5,7-8H,2-3H2,1H3. The van der Waals surface area contributed by atoms with Crippen LogP contribution in [0.1, 0.15) is 11.4 Å². The van der Waals surface area contributed by atoms with E-state index in [1.165, 1.54) is 23.5 Å². The Kier molecular flexibility index (Phi) is 3.90. The van der Waals surface area contributed by atoms with Crippen molar-refractivity contribution in [3.05, 3.63) is 34.4 Å². The van der Waals surface area contributed by atoms with E-state index < -0.39 is 0 Å². The lowest BCUT2D eigenvalue weighted by atomic mass is 10.1. The minimum absolute atomic E-state index is 0.322. The van der Waals surface area contributed by atoms with Crippen molar-refractivity contribution in [1.29, 1.82) is 5.26 Å². The maximum Gasteiger partial charge on any atom is 0.128 e. The van der Waals surface area contributed by atoms with E-state index in [9.17, 15) is 4.39 Å². The number of rotatable bonds is 4. The summed E-state index contributed by atoms with van der Waals surface area (Å²) >= 11 is 1.47. The normalized spacial score (nSPS) is 10.1. The number of thiazole rings is 1. The molecule has 0 saturated carbocycles. The molecule has 0 fully saturated rings. The number of benzene rings is 1. The van der Waals surface area contributed by atoms with Crippen molar-refractivity contribution in [3.8, 4) is 23.1 Å². The van der Waals surface area contributed by atoms with Crippen LogP contribution < -0.4 is 4.74 Å². The molecule has 1 aromatic heterocycles. The molecule has 18 heavy (non-hydrogen) atoms. The third kappa shape index (κ3) is 2.66. The van der Waals surface area contributed by atoms with E-state index in [1.807, 2.05) is 5.38 Å². The third-order valence-corrected chi connectivity index (χ3v) is 3.35. The van der Waals surface area contributed by atoms with Crippen molar-refractivity contribution in [1.82, 2.24) is 4.98 Å². The van der Waals surface area contributed by atoms with E-state index in [0.717, 1.165) is 5.01 Å². The van der Waals surface area contributed by atoms with Gasteiger partial charge in [-0.1, -0.05) is 0 Å². The molecule has 1 aromatic carbocycles. The summed E-state index contributed by atoms with van der Waals surface area (Å²) < 4.78 is 18.4. The molecule has 2 aromatic rings. The van der Waals surface area contributed by atoms with E-state index in [4.69, 9.17) is 10.00 Å². The minimum atomic E-state index is -0.322. The maximum atomic E-state index is 13.3. The molecule has 1 heterocycles. The summed E-state index contributed by atoms with van der Waals surface area (Å²) in [6.45, 7) is 0. The van der Waals surface area contributed by atoms with Gasteiger partial charge in [0.25, 0.3) is 0 Å². The largest absolute Gasteiger partial charge is 0.496 e. The number of halogens is 1. The lowest BCUT2D eigenvalue weighted by Gasteiger charge is -2.05. The van der Waals surface area contributed by atoms with Gasteiger partial charge in [0.05, 0.1) is 23.9 Å². The highest BCUT2D eigenvalue weighted by Gasteiger charge is 2.11. The molecular formula is C13H11FN2OS. The third-order valence-electron chi connectivity index (χ3n) is 2.44. The Morgan fingerprint density at radius 1 is 1.50 bits per heavy atom. The summed E-state index contributed by atoms with van der Waals surface area (Å²) in [5, 5.41) is 11.3. The first-order chi connectivity index (χ1) is 8.74. The second-order valence-electron chi connectivity index (χ2n) is 3.63. The second-order valence-corrected chi connectivity index (χ2v) is 4.57. The molecule has 0 N–H and O–H groups in total. The van der Waals surface area contributed by atoms with E-state index in [0.29, 0.717) is 29.8 Å². The summed E-state index contributed by atoms with van der Waals surface area (Å²) in [6.07, 6.45) is 1.06. The van der Waals surface area contributed by atoms with Crippen molar-refractivity contribution in [2.45, 2.75) is 12.8 Å². The second kappa shape index (κ2) is 5.61. The average molecular weight is 262 g/mol. The monoisotopic (exact) mass is 262 g/mol. The van der Waals surface area contributed by atoms with Crippen molar-refractivity contribution in [3.63, 3.8) is 0 Å². The van der Waals surface area contributed by atoms with Crippen LogP contribution in [-0.2, 0) is 6.42 Å². The van der Waals surface area contributed by atoms with Crippen molar-refractivity contribution < 1.29 is 9.13 Å². The van der Waals surface area contributed by atoms with Gasteiger partial charge >= 0.3 is 0 Å². The molecule has 0 aliphatic carbocycles. The number of hydrogen-bond donors (Lipinski definition) is 0. The Hall–Kier alpha value is -1.93. The number of nitriles is 1. The quantitative estimate of drug-likeness (QED) is 0.848. The van der Waals surface area contributed by atoms with Crippen LogP contribution in [0.25, 0.3) is 11.3 Å². The highest BCUT2D eigenvalue weighted by atomic mass is 32.1. The number of aromatic nitrogens is 1. The Morgan fingerprint density at radius 3 is 3.06 bits per heavy atom. The Bertz CT molecular complexity index is 589. The van der Waals surface area contributed by atoms with Gasteiger partial charge in [-0.25, -0.2) is 9.37 Å². The van der Waals surface area contributed by atoms with Gasteiger partial charge in [-0.05, 0) is 18.2 Å². The summed E-state index contributed by atoms with van der Waals surface area (Å²) in [6, 6.07) is 6.42. The molecule has 0 bridgehead atoms. The number of methoxy groups -OCH3 is 1. The molecule has 2 rings (SSSR count). The fourth-order valence-electron chi connectivity index (χ4n) is 1.59. The van der Waals surface area contributed by atoms with Crippen LogP contribution in [0.3, 0.4) is 0 Å². The van der Waals surface area contributed by atoms with Crippen LogP contribution in [0, 0.1) is 17.1 Å². The molecule has 0 aliphatic rings. The van der Waals surface area contributed by atoms with Crippen LogP contribution in [0.15, 0.2) is 23.6 Å². The van der Waals surface area contributed by atoms with E-state index >= 15 is 0 Å². The lowest BCUT2D eigenvalue weighted by molar-refractivity contribution is 0.415.